The van der Waals surface area contributed by atoms with Gasteiger partial charge in [-0.25, -0.2) is 4.98 Å². The Balaban J connectivity index is 1.82. The Labute approximate surface area is 111 Å². The van der Waals surface area contributed by atoms with Crippen LogP contribution in [-0.4, -0.2) is 29.1 Å². The lowest BCUT2D eigenvalue weighted by Gasteiger charge is -2.21. The van der Waals surface area contributed by atoms with Crippen molar-refractivity contribution in [2.24, 2.45) is 11.7 Å². The summed E-state index contributed by atoms with van der Waals surface area (Å²) in [6.07, 6.45) is 3.22. The molecule has 1 aliphatic rings. The van der Waals surface area contributed by atoms with Crippen LogP contribution in [-0.2, 0) is 11.2 Å². The van der Waals surface area contributed by atoms with E-state index < -0.39 is 5.91 Å². The largest absolute Gasteiger partial charge is 0.381 e. The van der Waals surface area contributed by atoms with Gasteiger partial charge in [-0.1, -0.05) is 0 Å². The summed E-state index contributed by atoms with van der Waals surface area (Å²) >= 11 is 0. The number of rotatable bonds is 3. The zero-order valence-electron chi connectivity index (χ0n) is 10.7. The van der Waals surface area contributed by atoms with Gasteiger partial charge in [0.15, 0.2) is 0 Å². The minimum absolute atomic E-state index is 0.298. The fraction of sp³-hybridized carbons (Fsp3) is 0.429. The molecule has 2 aromatic heterocycles. The molecule has 0 bridgehead atoms. The summed E-state index contributed by atoms with van der Waals surface area (Å²) in [4.78, 5) is 18.6. The first kappa shape index (κ1) is 12.2. The van der Waals surface area contributed by atoms with Gasteiger partial charge >= 0.3 is 0 Å². The molecule has 1 aliphatic heterocycles. The fourth-order valence-corrected chi connectivity index (χ4v) is 2.57. The zero-order valence-corrected chi connectivity index (χ0v) is 10.7. The third kappa shape index (κ3) is 2.61. The summed E-state index contributed by atoms with van der Waals surface area (Å²) in [6.45, 7) is 1.71. The molecule has 0 spiro atoms. The average Bonchev–Trinajstić information content (AvgIpc) is 2.80. The van der Waals surface area contributed by atoms with E-state index in [1.807, 2.05) is 6.07 Å². The lowest BCUT2D eigenvalue weighted by atomic mass is 9.95. The number of nitrogens with two attached hydrogens (primary N) is 1. The molecule has 1 amide bonds. The van der Waals surface area contributed by atoms with E-state index in [0.29, 0.717) is 11.6 Å². The van der Waals surface area contributed by atoms with E-state index in [2.05, 4.69) is 16.0 Å². The van der Waals surface area contributed by atoms with Gasteiger partial charge in [0, 0.05) is 24.3 Å². The number of H-pyrrole nitrogens is 1. The van der Waals surface area contributed by atoms with Crippen molar-refractivity contribution in [1.29, 1.82) is 0 Å². The molecule has 0 aliphatic carbocycles. The van der Waals surface area contributed by atoms with Crippen molar-refractivity contribution in [2.45, 2.75) is 19.3 Å². The number of amides is 1. The SMILES string of the molecule is NC(=O)c1ccc2cc(CC3CCOCC3)[nH]c2n1. The second-order valence-corrected chi connectivity index (χ2v) is 5.05. The number of nitrogens with zero attached hydrogens (tertiary/aromatic N) is 1. The Morgan fingerprint density at radius 2 is 2.21 bits per heavy atom. The molecule has 0 aromatic carbocycles. The topological polar surface area (TPSA) is 81.0 Å². The van der Waals surface area contributed by atoms with E-state index in [0.717, 1.165) is 49.2 Å². The Morgan fingerprint density at radius 3 is 2.95 bits per heavy atom. The van der Waals surface area contributed by atoms with Gasteiger partial charge in [-0.2, -0.15) is 0 Å². The van der Waals surface area contributed by atoms with Crippen molar-refractivity contribution >= 4 is 16.9 Å². The van der Waals surface area contributed by atoms with Crippen LogP contribution in [0.1, 0.15) is 29.0 Å². The summed E-state index contributed by atoms with van der Waals surface area (Å²) in [6, 6.07) is 5.64. The lowest BCUT2D eigenvalue weighted by Crippen LogP contribution is -2.17. The highest BCUT2D eigenvalue weighted by atomic mass is 16.5. The fourth-order valence-electron chi connectivity index (χ4n) is 2.57. The Bertz CT molecular complexity index is 600. The van der Waals surface area contributed by atoms with E-state index in [-0.39, 0.29) is 0 Å². The molecule has 0 atom stereocenters. The van der Waals surface area contributed by atoms with Crippen LogP contribution < -0.4 is 5.73 Å². The highest BCUT2D eigenvalue weighted by molar-refractivity contribution is 5.93. The van der Waals surface area contributed by atoms with E-state index in [1.165, 1.54) is 0 Å². The standard InChI is InChI=1S/C14H17N3O2/c15-13(18)12-2-1-10-8-11(16-14(10)17-12)7-9-3-5-19-6-4-9/h1-2,8-9H,3-7H2,(H2,15,18)(H,16,17). The molecule has 1 fully saturated rings. The van der Waals surface area contributed by atoms with Gasteiger partial charge in [-0.05, 0) is 43.4 Å². The maximum absolute atomic E-state index is 11.1. The van der Waals surface area contributed by atoms with E-state index in [9.17, 15) is 4.79 Å². The third-order valence-electron chi connectivity index (χ3n) is 3.64. The predicted octanol–water partition coefficient (Wildman–Crippen LogP) is 1.63. The molecule has 100 valence electrons. The van der Waals surface area contributed by atoms with E-state index >= 15 is 0 Å². The van der Waals surface area contributed by atoms with Gasteiger partial charge in [0.05, 0.1) is 0 Å². The van der Waals surface area contributed by atoms with Crippen LogP contribution >= 0.6 is 0 Å². The van der Waals surface area contributed by atoms with Crippen molar-refractivity contribution < 1.29 is 9.53 Å². The van der Waals surface area contributed by atoms with Crippen LogP contribution in [0.15, 0.2) is 18.2 Å². The van der Waals surface area contributed by atoms with Crippen molar-refractivity contribution in [3.8, 4) is 0 Å². The van der Waals surface area contributed by atoms with Crippen molar-refractivity contribution in [3.63, 3.8) is 0 Å². The van der Waals surface area contributed by atoms with E-state index in [1.54, 1.807) is 6.07 Å². The number of ether oxygens (including phenoxy) is 1. The normalized spacial score (nSPS) is 16.8. The number of carbonyl (C=O) groups excluding carboxylic acids is 1. The number of pyridine rings is 1. The molecule has 3 rings (SSSR count). The number of primary amides is 1. The summed E-state index contributed by atoms with van der Waals surface area (Å²) in [5.74, 6) is 0.167. The molecule has 3 N–H and O–H groups in total. The van der Waals surface area contributed by atoms with Crippen LogP contribution in [0.5, 0.6) is 0 Å². The number of nitrogens with one attached hydrogen (secondary N) is 1. The van der Waals surface area contributed by atoms with Gasteiger partial charge in [0.1, 0.15) is 11.3 Å². The lowest BCUT2D eigenvalue weighted by molar-refractivity contribution is 0.0663. The first-order valence-electron chi connectivity index (χ1n) is 6.58. The minimum atomic E-state index is -0.498. The molecule has 0 saturated carbocycles. The number of aromatic amines is 1. The molecule has 5 nitrogen and oxygen atoms in total. The average molecular weight is 259 g/mol. The quantitative estimate of drug-likeness (QED) is 0.879. The number of fused-ring (bicyclic) bond motifs is 1. The van der Waals surface area contributed by atoms with Crippen molar-refractivity contribution in [3.05, 3.63) is 29.6 Å². The molecule has 0 unspecified atom stereocenters. The van der Waals surface area contributed by atoms with Crippen LogP contribution in [0, 0.1) is 5.92 Å². The molecule has 3 heterocycles. The van der Waals surface area contributed by atoms with E-state index in [4.69, 9.17) is 10.5 Å². The highest BCUT2D eigenvalue weighted by Crippen LogP contribution is 2.22. The van der Waals surface area contributed by atoms with Gasteiger partial charge in [-0.15, -0.1) is 0 Å². The smallest absolute Gasteiger partial charge is 0.267 e. The Kier molecular flexibility index (Phi) is 3.21. The number of hydrogen-bond acceptors (Lipinski definition) is 3. The summed E-state index contributed by atoms with van der Waals surface area (Å²) < 4.78 is 5.36. The van der Waals surface area contributed by atoms with Crippen molar-refractivity contribution in [2.75, 3.05) is 13.2 Å². The predicted molar refractivity (Wildman–Crippen MR) is 71.9 cm³/mol. The monoisotopic (exact) mass is 259 g/mol. The highest BCUT2D eigenvalue weighted by Gasteiger charge is 2.15. The summed E-state index contributed by atoms with van der Waals surface area (Å²) in [5, 5.41) is 1.02. The van der Waals surface area contributed by atoms with Gasteiger partial charge < -0.3 is 15.5 Å². The zero-order chi connectivity index (χ0) is 13.2. The maximum Gasteiger partial charge on any atom is 0.267 e. The number of carbonyl (C=O) groups is 1. The van der Waals surface area contributed by atoms with Crippen LogP contribution in [0.2, 0.25) is 0 Å². The Morgan fingerprint density at radius 1 is 1.42 bits per heavy atom. The molecule has 5 heteroatoms. The maximum atomic E-state index is 11.1. The first-order chi connectivity index (χ1) is 9.22. The number of hydrogen-bond donors (Lipinski definition) is 2. The van der Waals surface area contributed by atoms with Gasteiger partial charge in [0.25, 0.3) is 5.91 Å². The first-order valence-corrected chi connectivity index (χ1v) is 6.58. The summed E-state index contributed by atoms with van der Waals surface area (Å²) in [5.41, 5.74) is 7.43. The summed E-state index contributed by atoms with van der Waals surface area (Å²) in [7, 11) is 0. The molecule has 2 aromatic rings. The molecule has 0 radical (unpaired) electrons. The minimum Gasteiger partial charge on any atom is -0.381 e. The molecule has 1 saturated heterocycles. The Hall–Kier alpha value is -1.88. The van der Waals surface area contributed by atoms with Crippen molar-refractivity contribution in [1.82, 2.24) is 9.97 Å². The molecular formula is C14H17N3O2. The molecule has 19 heavy (non-hydrogen) atoms. The van der Waals surface area contributed by atoms with Crippen LogP contribution in [0.25, 0.3) is 11.0 Å². The van der Waals surface area contributed by atoms with Crippen LogP contribution in [0.4, 0.5) is 0 Å². The molecular weight excluding hydrogens is 242 g/mol. The van der Waals surface area contributed by atoms with Crippen LogP contribution in [0.3, 0.4) is 0 Å². The van der Waals surface area contributed by atoms with Gasteiger partial charge in [-0.3, -0.25) is 4.79 Å². The second-order valence-electron chi connectivity index (χ2n) is 5.05. The number of aromatic nitrogens is 2. The third-order valence-corrected chi connectivity index (χ3v) is 3.64. The second kappa shape index (κ2) is 5.01. The van der Waals surface area contributed by atoms with Gasteiger partial charge in [0.2, 0.25) is 0 Å².